The van der Waals surface area contributed by atoms with Crippen molar-refractivity contribution < 1.29 is 19.1 Å². The molecule has 1 aliphatic carbocycles. The summed E-state index contributed by atoms with van der Waals surface area (Å²) in [6.07, 6.45) is 5.08. The van der Waals surface area contributed by atoms with Gasteiger partial charge >= 0.3 is 6.03 Å². The number of hydrogen-bond acceptors (Lipinski definition) is 4. The zero-order valence-electron chi connectivity index (χ0n) is 16.6. The molecule has 6 nitrogen and oxygen atoms in total. The predicted molar refractivity (Wildman–Crippen MR) is 109 cm³/mol. The lowest BCUT2D eigenvalue weighted by Gasteiger charge is -2.31. The average Bonchev–Trinajstić information content (AvgIpc) is 3.32. The highest BCUT2D eigenvalue weighted by Gasteiger charge is 2.56. The summed E-state index contributed by atoms with van der Waals surface area (Å²) in [6, 6.07) is 14.8. The van der Waals surface area contributed by atoms with E-state index in [1.54, 1.807) is 19.1 Å². The quantitative estimate of drug-likeness (QED) is 0.555. The molecule has 6 heteroatoms. The Morgan fingerprint density at radius 1 is 0.793 bits per heavy atom. The van der Waals surface area contributed by atoms with E-state index in [1.807, 2.05) is 60.7 Å². The second-order valence-electron chi connectivity index (χ2n) is 7.37. The van der Waals surface area contributed by atoms with Crippen LogP contribution < -0.4 is 9.47 Å². The fourth-order valence-corrected chi connectivity index (χ4v) is 4.00. The summed E-state index contributed by atoms with van der Waals surface area (Å²) in [6.45, 7) is 0.637. The molecule has 29 heavy (non-hydrogen) atoms. The summed E-state index contributed by atoms with van der Waals surface area (Å²) in [7, 11) is 3.23. The topological polar surface area (TPSA) is 59.1 Å². The summed E-state index contributed by atoms with van der Waals surface area (Å²) in [5, 5.41) is 0. The number of rotatable bonds is 6. The number of urea groups is 1. The van der Waals surface area contributed by atoms with Crippen LogP contribution in [0, 0.1) is 0 Å². The standard InChI is InChI=1S/C23H24N2O4/c1-28-19-9-5-17(6-10-19)15-24-21(26)23(13-3-4-14-23)25(22(24)27)16-18-7-11-20(29-2)12-8-18/h3-12H,13-16H2,1-2H3. The van der Waals surface area contributed by atoms with E-state index in [4.69, 9.17) is 9.47 Å². The Morgan fingerprint density at radius 2 is 1.28 bits per heavy atom. The molecule has 4 rings (SSSR count). The molecule has 0 atom stereocenters. The summed E-state index contributed by atoms with van der Waals surface area (Å²) >= 11 is 0. The van der Waals surface area contributed by atoms with Crippen molar-refractivity contribution in [2.24, 2.45) is 0 Å². The van der Waals surface area contributed by atoms with Gasteiger partial charge in [0.15, 0.2) is 0 Å². The number of imide groups is 1. The number of amides is 3. The smallest absolute Gasteiger partial charge is 0.328 e. The highest BCUT2D eigenvalue weighted by Crippen LogP contribution is 2.40. The van der Waals surface area contributed by atoms with Gasteiger partial charge in [0.2, 0.25) is 0 Å². The summed E-state index contributed by atoms with van der Waals surface area (Å²) < 4.78 is 10.4. The molecule has 2 aliphatic rings. The molecule has 150 valence electrons. The van der Waals surface area contributed by atoms with Crippen LogP contribution in [0.4, 0.5) is 4.79 Å². The Morgan fingerprint density at radius 3 is 1.76 bits per heavy atom. The number of nitrogens with zero attached hydrogens (tertiary/aromatic N) is 2. The number of ether oxygens (including phenoxy) is 2. The minimum absolute atomic E-state index is 0.128. The fourth-order valence-electron chi connectivity index (χ4n) is 4.00. The fraction of sp³-hybridized carbons (Fsp3) is 0.304. The van der Waals surface area contributed by atoms with E-state index in [2.05, 4.69) is 0 Å². The van der Waals surface area contributed by atoms with Crippen LogP contribution in [0.2, 0.25) is 0 Å². The number of carbonyl (C=O) groups is 2. The second kappa shape index (κ2) is 7.62. The van der Waals surface area contributed by atoms with Gasteiger partial charge in [-0.05, 0) is 48.2 Å². The van der Waals surface area contributed by atoms with Gasteiger partial charge in [0.25, 0.3) is 5.91 Å². The average molecular weight is 392 g/mol. The van der Waals surface area contributed by atoms with Crippen molar-refractivity contribution in [3.8, 4) is 11.5 Å². The Hall–Kier alpha value is -3.28. The van der Waals surface area contributed by atoms with Crippen molar-refractivity contribution in [3.05, 3.63) is 71.8 Å². The van der Waals surface area contributed by atoms with Crippen LogP contribution >= 0.6 is 0 Å². The van der Waals surface area contributed by atoms with Crippen LogP contribution in [-0.2, 0) is 17.9 Å². The van der Waals surface area contributed by atoms with Gasteiger partial charge in [-0.2, -0.15) is 0 Å². The maximum absolute atomic E-state index is 13.3. The maximum Gasteiger partial charge on any atom is 0.328 e. The molecule has 0 saturated carbocycles. The number of carbonyl (C=O) groups excluding carboxylic acids is 2. The molecular formula is C23H24N2O4. The van der Waals surface area contributed by atoms with Crippen LogP contribution in [0.5, 0.6) is 11.5 Å². The predicted octanol–water partition coefficient (Wildman–Crippen LogP) is 3.76. The molecule has 1 aliphatic heterocycles. The van der Waals surface area contributed by atoms with E-state index in [-0.39, 0.29) is 18.5 Å². The third-order valence-electron chi connectivity index (χ3n) is 5.70. The first-order chi connectivity index (χ1) is 14.1. The van der Waals surface area contributed by atoms with E-state index in [9.17, 15) is 9.59 Å². The van der Waals surface area contributed by atoms with Crippen LogP contribution in [-0.4, -0.2) is 41.5 Å². The van der Waals surface area contributed by atoms with Crippen molar-refractivity contribution in [2.75, 3.05) is 14.2 Å². The molecule has 0 radical (unpaired) electrons. The number of methoxy groups -OCH3 is 2. The third kappa shape index (κ3) is 3.35. The Labute approximate surface area is 170 Å². The van der Waals surface area contributed by atoms with E-state index < -0.39 is 5.54 Å². The normalized spacial score (nSPS) is 17.4. The molecular weight excluding hydrogens is 368 g/mol. The monoisotopic (exact) mass is 392 g/mol. The Bertz CT molecular complexity index is 926. The summed E-state index contributed by atoms with van der Waals surface area (Å²) in [5.74, 6) is 1.37. The Kier molecular flexibility index (Phi) is 5.01. The minimum Gasteiger partial charge on any atom is -0.497 e. The van der Waals surface area contributed by atoms with E-state index in [0.717, 1.165) is 22.6 Å². The van der Waals surface area contributed by atoms with Gasteiger partial charge in [0.05, 0.1) is 20.8 Å². The molecule has 0 aromatic heterocycles. The molecule has 0 bridgehead atoms. The van der Waals surface area contributed by atoms with Gasteiger partial charge in [-0.25, -0.2) is 4.79 Å². The van der Waals surface area contributed by atoms with Crippen molar-refractivity contribution in [1.82, 2.24) is 9.80 Å². The first-order valence-corrected chi connectivity index (χ1v) is 9.62. The zero-order valence-corrected chi connectivity index (χ0v) is 16.6. The van der Waals surface area contributed by atoms with Gasteiger partial charge in [-0.3, -0.25) is 9.69 Å². The molecule has 1 spiro atoms. The number of hydrogen-bond donors (Lipinski definition) is 0. The molecule has 0 N–H and O–H groups in total. The minimum atomic E-state index is -0.816. The third-order valence-corrected chi connectivity index (χ3v) is 5.70. The van der Waals surface area contributed by atoms with Gasteiger partial charge < -0.3 is 14.4 Å². The molecule has 2 aromatic carbocycles. The summed E-state index contributed by atoms with van der Waals surface area (Å²) in [4.78, 5) is 29.7. The Balaban J connectivity index is 1.59. The van der Waals surface area contributed by atoms with Crippen LogP contribution in [0.3, 0.4) is 0 Å². The van der Waals surface area contributed by atoms with Crippen molar-refractivity contribution in [2.45, 2.75) is 31.5 Å². The van der Waals surface area contributed by atoms with E-state index >= 15 is 0 Å². The highest BCUT2D eigenvalue weighted by molar-refractivity contribution is 6.07. The lowest BCUT2D eigenvalue weighted by Crippen LogP contribution is -2.47. The SMILES string of the molecule is COc1ccc(CN2C(=O)N(Cc3ccc(OC)cc3)C3(CC=CC3)C2=O)cc1. The highest BCUT2D eigenvalue weighted by atomic mass is 16.5. The zero-order chi connectivity index (χ0) is 20.4. The van der Waals surface area contributed by atoms with Gasteiger partial charge in [-0.1, -0.05) is 36.4 Å². The van der Waals surface area contributed by atoms with Gasteiger partial charge in [0, 0.05) is 6.54 Å². The van der Waals surface area contributed by atoms with Gasteiger partial charge in [-0.15, -0.1) is 0 Å². The van der Waals surface area contributed by atoms with Crippen molar-refractivity contribution in [3.63, 3.8) is 0 Å². The molecule has 1 saturated heterocycles. The second-order valence-corrected chi connectivity index (χ2v) is 7.37. The van der Waals surface area contributed by atoms with E-state index in [0.29, 0.717) is 19.4 Å². The lowest BCUT2D eigenvalue weighted by molar-refractivity contribution is -0.133. The van der Waals surface area contributed by atoms with Gasteiger partial charge in [0.1, 0.15) is 17.0 Å². The summed E-state index contributed by atoms with van der Waals surface area (Å²) in [5.41, 5.74) is 1.04. The first kappa shape index (κ1) is 19.1. The maximum atomic E-state index is 13.3. The molecule has 2 aromatic rings. The lowest BCUT2D eigenvalue weighted by atomic mass is 9.94. The van der Waals surface area contributed by atoms with Crippen molar-refractivity contribution in [1.29, 1.82) is 0 Å². The largest absolute Gasteiger partial charge is 0.497 e. The first-order valence-electron chi connectivity index (χ1n) is 9.62. The molecule has 1 heterocycles. The molecule has 3 amide bonds. The molecule has 1 fully saturated rings. The molecule has 0 unspecified atom stereocenters. The van der Waals surface area contributed by atoms with Crippen LogP contribution in [0.1, 0.15) is 24.0 Å². The van der Waals surface area contributed by atoms with Crippen LogP contribution in [0.15, 0.2) is 60.7 Å². The van der Waals surface area contributed by atoms with Crippen molar-refractivity contribution >= 4 is 11.9 Å². The van der Waals surface area contributed by atoms with E-state index in [1.165, 1.54) is 4.90 Å². The number of benzene rings is 2. The van der Waals surface area contributed by atoms with Crippen LogP contribution in [0.25, 0.3) is 0 Å².